The van der Waals surface area contributed by atoms with Gasteiger partial charge in [-0.15, -0.1) is 10.2 Å². The van der Waals surface area contributed by atoms with Crippen molar-refractivity contribution in [2.24, 2.45) is 5.73 Å². The van der Waals surface area contributed by atoms with Gasteiger partial charge >= 0.3 is 0 Å². The Balaban J connectivity index is 1.85. The molecule has 0 atom stereocenters. The summed E-state index contributed by atoms with van der Waals surface area (Å²) in [7, 11) is 3.25. The van der Waals surface area contributed by atoms with Gasteiger partial charge < -0.3 is 19.6 Å². The lowest BCUT2D eigenvalue weighted by atomic mass is 10.2. The van der Waals surface area contributed by atoms with E-state index in [1.807, 2.05) is 22.8 Å². The summed E-state index contributed by atoms with van der Waals surface area (Å²) in [4.78, 5) is 11.2. The molecule has 0 aliphatic heterocycles. The third-order valence-corrected chi connectivity index (χ3v) is 4.90. The number of nitrogens with zero attached hydrogens (tertiary/aromatic N) is 3. The lowest BCUT2D eigenvalue weighted by Crippen LogP contribution is -2.15. The molecule has 2 N–H and O–H groups in total. The van der Waals surface area contributed by atoms with Crippen LogP contribution in [-0.2, 0) is 17.1 Å². The van der Waals surface area contributed by atoms with Crippen molar-refractivity contribution in [2.75, 3.05) is 14.2 Å². The molecular weight excluding hydrogens is 368 g/mol. The molecule has 1 amide bonds. The van der Waals surface area contributed by atoms with Crippen LogP contribution in [0.25, 0.3) is 11.6 Å². The molecule has 8 nitrogen and oxygen atoms in total. The first-order chi connectivity index (χ1) is 13.1. The second kappa shape index (κ2) is 8.63. The summed E-state index contributed by atoms with van der Waals surface area (Å²) in [6.07, 6.45) is 1.75. The van der Waals surface area contributed by atoms with Gasteiger partial charge in [0.25, 0.3) is 0 Å². The number of carbonyl (C=O) groups is 1. The standard InChI is InChI=1S/C18H20N4O4S/c1-24-13-5-6-14(25-2)12(10-13)11-27-18-21-20-17(15-4-3-9-26-15)22(18)8-7-16(19)23/h3-6,9-10H,7-8,11H2,1-2H3,(H2,19,23). The number of methoxy groups -OCH3 is 2. The minimum absolute atomic E-state index is 0.182. The van der Waals surface area contributed by atoms with Crippen LogP contribution in [0.2, 0.25) is 0 Å². The summed E-state index contributed by atoms with van der Waals surface area (Å²) in [6, 6.07) is 9.20. The van der Waals surface area contributed by atoms with Gasteiger partial charge in [-0.2, -0.15) is 0 Å². The molecular formula is C18H20N4O4S. The second-order valence-corrected chi connectivity index (χ2v) is 6.56. The van der Waals surface area contributed by atoms with E-state index in [1.165, 1.54) is 11.8 Å². The molecule has 3 rings (SSSR count). The first-order valence-corrected chi connectivity index (χ1v) is 9.20. The number of amides is 1. The topological polar surface area (TPSA) is 105 Å². The first kappa shape index (κ1) is 18.8. The molecule has 0 aliphatic carbocycles. The van der Waals surface area contributed by atoms with Gasteiger partial charge in [0.1, 0.15) is 11.5 Å². The van der Waals surface area contributed by atoms with Crippen LogP contribution in [0.3, 0.4) is 0 Å². The van der Waals surface area contributed by atoms with E-state index in [9.17, 15) is 4.79 Å². The fraction of sp³-hybridized carbons (Fsp3) is 0.278. The number of rotatable bonds is 9. The van der Waals surface area contributed by atoms with Crippen molar-refractivity contribution in [1.29, 1.82) is 0 Å². The largest absolute Gasteiger partial charge is 0.497 e. The maximum Gasteiger partial charge on any atom is 0.219 e. The summed E-state index contributed by atoms with van der Waals surface area (Å²) in [6.45, 7) is 0.371. The predicted octanol–water partition coefficient (Wildman–Crippen LogP) is 2.72. The minimum Gasteiger partial charge on any atom is -0.497 e. The highest BCUT2D eigenvalue weighted by Crippen LogP contribution is 2.32. The lowest BCUT2D eigenvalue weighted by molar-refractivity contribution is -0.118. The number of thioether (sulfide) groups is 1. The molecule has 9 heteroatoms. The van der Waals surface area contributed by atoms with E-state index in [0.29, 0.717) is 29.0 Å². The number of hydrogen-bond donors (Lipinski definition) is 1. The van der Waals surface area contributed by atoms with Crippen LogP contribution in [0.15, 0.2) is 46.2 Å². The van der Waals surface area contributed by atoms with Crippen molar-refractivity contribution < 1.29 is 18.7 Å². The van der Waals surface area contributed by atoms with Crippen LogP contribution in [0, 0.1) is 0 Å². The number of furan rings is 1. The monoisotopic (exact) mass is 388 g/mol. The van der Waals surface area contributed by atoms with Gasteiger partial charge in [0.05, 0.1) is 20.5 Å². The van der Waals surface area contributed by atoms with Crippen LogP contribution in [-0.4, -0.2) is 34.9 Å². The first-order valence-electron chi connectivity index (χ1n) is 8.21. The van der Waals surface area contributed by atoms with Gasteiger partial charge in [0, 0.05) is 24.3 Å². The number of carbonyl (C=O) groups excluding carboxylic acids is 1. The van der Waals surface area contributed by atoms with Crippen LogP contribution in [0.5, 0.6) is 11.5 Å². The zero-order valence-corrected chi connectivity index (χ0v) is 15.9. The second-order valence-electron chi connectivity index (χ2n) is 5.62. The molecule has 142 valence electrons. The van der Waals surface area contributed by atoms with Gasteiger partial charge in [-0.1, -0.05) is 11.8 Å². The van der Waals surface area contributed by atoms with Gasteiger partial charge in [-0.05, 0) is 30.3 Å². The van der Waals surface area contributed by atoms with Crippen LogP contribution < -0.4 is 15.2 Å². The Hall–Kier alpha value is -2.94. The molecule has 1 aromatic carbocycles. The van der Waals surface area contributed by atoms with Crippen molar-refractivity contribution >= 4 is 17.7 Å². The molecule has 0 spiro atoms. The maximum absolute atomic E-state index is 11.2. The Labute approximate surface area is 160 Å². The Morgan fingerprint density at radius 3 is 2.78 bits per heavy atom. The fourth-order valence-electron chi connectivity index (χ4n) is 2.54. The van der Waals surface area contributed by atoms with Crippen LogP contribution >= 0.6 is 11.8 Å². The molecule has 0 saturated carbocycles. The van der Waals surface area contributed by atoms with E-state index in [4.69, 9.17) is 19.6 Å². The van der Waals surface area contributed by atoms with E-state index in [2.05, 4.69) is 10.2 Å². The number of nitrogens with two attached hydrogens (primary N) is 1. The summed E-state index contributed by atoms with van der Waals surface area (Å²) in [5, 5.41) is 9.13. The van der Waals surface area contributed by atoms with Gasteiger partial charge in [0.15, 0.2) is 16.7 Å². The number of ether oxygens (including phenoxy) is 2. The van der Waals surface area contributed by atoms with E-state index in [-0.39, 0.29) is 12.3 Å². The molecule has 2 aromatic heterocycles. The summed E-state index contributed by atoms with van der Waals surface area (Å²) in [5.74, 6) is 2.85. The van der Waals surface area contributed by atoms with Crippen LogP contribution in [0.1, 0.15) is 12.0 Å². The Morgan fingerprint density at radius 1 is 1.26 bits per heavy atom. The van der Waals surface area contributed by atoms with Gasteiger partial charge in [-0.3, -0.25) is 9.36 Å². The van der Waals surface area contributed by atoms with E-state index in [1.54, 1.807) is 32.6 Å². The number of aromatic nitrogens is 3. The van der Waals surface area contributed by atoms with Gasteiger partial charge in [-0.25, -0.2) is 0 Å². The number of primary amides is 1. The third kappa shape index (κ3) is 4.43. The SMILES string of the molecule is COc1ccc(OC)c(CSc2nnc(-c3ccco3)n2CCC(N)=O)c1. The van der Waals surface area contributed by atoms with Crippen LogP contribution in [0.4, 0.5) is 0 Å². The molecule has 2 heterocycles. The van der Waals surface area contributed by atoms with Crippen molar-refractivity contribution in [3.05, 3.63) is 42.2 Å². The third-order valence-electron chi connectivity index (χ3n) is 3.88. The highest BCUT2D eigenvalue weighted by Gasteiger charge is 2.17. The van der Waals surface area contributed by atoms with Crippen molar-refractivity contribution in [3.63, 3.8) is 0 Å². The molecule has 0 saturated heterocycles. The Bertz CT molecular complexity index is 908. The fourth-order valence-corrected chi connectivity index (χ4v) is 3.49. The number of hydrogen-bond acceptors (Lipinski definition) is 7. The Morgan fingerprint density at radius 2 is 2.11 bits per heavy atom. The molecule has 0 aliphatic rings. The van der Waals surface area contributed by atoms with E-state index < -0.39 is 0 Å². The summed E-state index contributed by atoms with van der Waals surface area (Å²) >= 11 is 1.48. The van der Waals surface area contributed by atoms with Crippen molar-refractivity contribution in [2.45, 2.75) is 23.9 Å². The molecule has 0 fully saturated rings. The molecule has 0 unspecified atom stereocenters. The lowest BCUT2D eigenvalue weighted by Gasteiger charge is -2.11. The highest BCUT2D eigenvalue weighted by molar-refractivity contribution is 7.98. The highest BCUT2D eigenvalue weighted by atomic mass is 32.2. The molecule has 0 radical (unpaired) electrons. The van der Waals surface area contributed by atoms with Crippen molar-refractivity contribution in [1.82, 2.24) is 14.8 Å². The summed E-state index contributed by atoms with van der Waals surface area (Å²) < 4.78 is 18.0. The Kier molecular flexibility index (Phi) is 6.02. The normalized spacial score (nSPS) is 10.7. The van der Waals surface area contributed by atoms with Crippen molar-refractivity contribution in [3.8, 4) is 23.1 Å². The smallest absolute Gasteiger partial charge is 0.219 e. The summed E-state index contributed by atoms with van der Waals surface area (Å²) in [5.41, 5.74) is 6.27. The van der Waals surface area contributed by atoms with E-state index in [0.717, 1.165) is 17.1 Å². The molecule has 27 heavy (non-hydrogen) atoms. The number of benzene rings is 1. The molecule has 0 bridgehead atoms. The zero-order valence-electron chi connectivity index (χ0n) is 15.0. The quantitative estimate of drug-likeness (QED) is 0.562. The average molecular weight is 388 g/mol. The maximum atomic E-state index is 11.2. The predicted molar refractivity (Wildman–Crippen MR) is 101 cm³/mol. The zero-order chi connectivity index (χ0) is 19.2. The molecule has 3 aromatic rings. The minimum atomic E-state index is -0.389. The van der Waals surface area contributed by atoms with Gasteiger partial charge in [0.2, 0.25) is 5.91 Å². The van der Waals surface area contributed by atoms with E-state index >= 15 is 0 Å². The average Bonchev–Trinajstić information content (AvgIpc) is 3.33.